The minimum atomic E-state index is 0. The van der Waals surface area contributed by atoms with Crippen LogP contribution < -0.4 is 4.74 Å². The normalized spacial score (nSPS) is 11.0. The van der Waals surface area contributed by atoms with Crippen molar-refractivity contribution in [1.82, 2.24) is 9.55 Å². The fraction of sp³-hybridized carbons (Fsp3) is 0.471. The molecule has 0 aliphatic carbocycles. The third-order valence-electron chi connectivity index (χ3n) is 3.34. The van der Waals surface area contributed by atoms with Gasteiger partial charge in [0.25, 0.3) is 0 Å². The van der Waals surface area contributed by atoms with Gasteiger partial charge in [-0.3, -0.25) is 0 Å². The lowest BCUT2D eigenvalue weighted by atomic mass is 9.87. The summed E-state index contributed by atoms with van der Waals surface area (Å²) in [6, 6.07) is 8.41. The van der Waals surface area contributed by atoms with E-state index in [4.69, 9.17) is 4.74 Å². The van der Waals surface area contributed by atoms with Crippen LogP contribution in [0.2, 0.25) is 0 Å². The van der Waals surface area contributed by atoms with E-state index in [-0.39, 0.29) is 17.8 Å². The van der Waals surface area contributed by atoms with Gasteiger partial charge in [0.2, 0.25) is 0 Å². The summed E-state index contributed by atoms with van der Waals surface area (Å²) < 4.78 is 7.93. The number of aryl methyl sites for hydroxylation is 1. The number of ether oxygens (including phenoxy) is 1. The number of imidazole rings is 1. The zero-order valence-electron chi connectivity index (χ0n) is 13.1. The number of benzene rings is 1. The summed E-state index contributed by atoms with van der Waals surface area (Å²) in [6.07, 6.45) is 7.82. The molecule has 0 unspecified atom stereocenters. The van der Waals surface area contributed by atoms with Crippen LogP contribution in [0.3, 0.4) is 0 Å². The number of halogens is 1. The van der Waals surface area contributed by atoms with Gasteiger partial charge in [0.15, 0.2) is 0 Å². The summed E-state index contributed by atoms with van der Waals surface area (Å²) in [5.74, 6) is 0.972. The number of rotatable bonds is 6. The zero-order valence-corrected chi connectivity index (χ0v) is 13.9. The van der Waals surface area contributed by atoms with Gasteiger partial charge in [0, 0.05) is 18.9 Å². The molecule has 116 valence electrons. The fourth-order valence-electron chi connectivity index (χ4n) is 2.06. The molecule has 0 spiro atoms. The van der Waals surface area contributed by atoms with Crippen molar-refractivity contribution in [3.8, 4) is 5.75 Å². The summed E-state index contributed by atoms with van der Waals surface area (Å²) in [4.78, 5) is 4.03. The van der Waals surface area contributed by atoms with Crippen LogP contribution in [0, 0.1) is 0 Å². The van der Waals surface area contributed by atoms with Crippen LogP contribution in [0.15, 0.2) is 43.0 Å². The van der Waals surface area contributed by atoms with E-state index in [0.717, 1.165) is 31.7 Å². The summed E-state index contributed by atoms with van der Waals surface area (Å²) in [7, 11) is 0. The van der Waals surface area contributed by atoms with E-state index in [9.17, 15) is 0 Å². The molecule has 1 aromatic heterocycles. The van der Waals surface area contributed by atoms with E-state index in [1.54, 1.807) is 0 Å². The van der Waals surface area contributed by atoms with Gasteiger partial charge in [-0.1, -0.05) is 32.9 Å². The number of hydrogen-bond acceptors (Lipinski definition) is 2. The molecule has 0 fully saturated rings. The quantitative estimate of drug-likeness (QED) is 0.737. The predicted molar refractivity (Wildman–Crippen MR) is 89.3 cm³/mol. The van der Waals surface area contributed by atoms with Crippen molar-refractivity contribution >= 4 is 12.4 Å². The van der Waals surface area contributed by atoms with E-state index in [0.29, 0.717) is 0 Å². The third kappa shape index (κ3) is 5.80. The molecule has 0 bridgehead atoms. The molecule has 1 aromatic carbocycles. The van der Waals surface area contributed by atoms with Gasteiger partial charge < -0.3 is 9.30 Å². The molecule has 0 N–H and O–H groups in total. The second-order valence-corrected chi connectivity index (χ2v) is 6.13. The molecule has 2 rings (SSSR count). The topological polar surface area (TPSA) is 27.1 Å². The fourth-order valence-corrected chi connectivity index (χ4v) is 2.06. The largest absolute Gasteiger partial charge is 0.494 e. The molecule has 3 nitrogen and oxygen atoms in total. The summed E-state index contributed by atoms with van der Waals surface area (Å²) >= 11 is 0. The Labute approximate surface area is 133 Å². The van der Waals surface area contributed by atoms with Crippen molar-refractivity contribution in [2.24, 2.45) is 0 Å². The molecule has 4 heteroatoms. The summed E-state index contributed by atoms with van der Waals surface area (Å²) in [6.45, 7) is 8.43. The Morgan fingerprint density at radius 1 is 1.19 bits per heavy atom. The predicted octanol–water partition coefficient (Wildman–Crippen LogP) is 4.46. The number of aromatic nitrogens is 2. The molecule has 0 saturated carbocycles. The smallest absolute Gasteiger partial charge is 0.119 e. The number of unbranched alkanes of at least 4 members (excludes halogenated alkanes) is 1. The molecule has 21 heavy (non-hydrogen) atoms. The molecular formula is C17H25ClN2O. The van der Waals surface area contributed by atoms with Crippen LogP contribution >= 0.6 is 12.4 Å². The van der Waals surface area contributed by atoms with Gasteiger partial charge in [0.1, 0.15) is 5.75 Å². The van der Waals surface area contributed by atoms with Crippen LogP contribution in [0.4, 0.5) is 0 Å². The van der Waals surface area contributed by atoms with Gasteiger partial charge >= 0.3 is 0 Å². The maximum absolute atomic E-state index is 5.84. The van der Waals surface area contributed by atoms with Crippen molar-refractivity contribution in [2.45, 2.75) is 45.6 Å². The van der Waals surface area contributed by atoms with Crippen LogP contribution in [0.5, 0.6) is 5.75 Å². The number of hydrogen-bond donors (Lipinski definition) is 0. The minimum absolute atomic E-state index is 0. The molecule has 2 aromatic rings. The van der Waals surface area contributed by atoms with Gasteiger partial charge in [-0.15, -0.1) is 12.4 Å². The van der Waals surface area contributed by atoms with E-state index in [1.165, 1.54) is 5.56 Å². The molecular weight excluding hydrogens is 284 g/mol. The minimum Gasteiger partial charge on any atom is -0.494 e. The molecule has 0 amide bonds. The monoisotopic (exact) mass is 308 g/mol. The Morgan fingerprint density at radius 2 is 2.00 bits per heavy atom. The molecule has 0 aliphatic heterocycles. The first-order valence-corrected chi connectivity index (χ1v) is 7.25. The highest BCUT2D eigenvalue weighted by molar-refractivity contribution is 5.85. The second-order valence-electron chi connectivity index (χ2n) is 6.13. The highest BCUT2D eigenvalue weighted by Crippen LogP contribution is 2.25. The van der Waals surface area contributed by atoms with Crippen molar-refractivity contribution in [2.75, 3.05) is 6.61 Å². The molecule has 0 aliphatic rings. The van der Waals surface area contributed by atoms with Gasteiger partial charge in [0.05, 0.1) is 12.9 Å². The SMILES string of the molecule is CC(C)(C)c1cccc(OCCCCn2ccnc2)c1.Cl. The highest BCUT2D eigenvalue weighted by Gasteiger charge is 2.13. The summed E-state index contributed by atoms with van der Waals surface area (Å²) in [5, 5.41) is 0. The standard InChI is InChI=1S/C17H24N2O.ClH/c1-17(2,3)15-7-6-8-16(13-15)20-12-5-4-10-19-11-9-18-14-19;/h6-9,11,13-14H,4-5,10,12H2,1-3H3;1H. The maximum Gasteiger partial charge on any atom is 0.119 e. The van der Waals surface area contributed by atoms with Crippen LogP contribution in [-0.2, 0) is 12.0 Å². The highest BCUT2D eigenvalue weighted by atomic mass is 35.5. The van der Waals surface area contributed by atoms with Crippen LogP contribution in [0.1, 0.15) is 39.2 Å². The third-order valence-corrected chi connectivity index (χ3v) is 3.34. The lowest BCUT2D eigenvalue weighted by Gasteiger charge is -2.19. The van der Waals surface area contributed by atoms with Crippen molar-refractivity contribution in [1.29, 1.82) is 0 Å². The van der Waals surface area contributed by atoms with Crippen LogP contribution in [0.25, 0.3) is 0 Å². The van der Waals surface area contributed by atoms with Crippen LogP contribution in [-0.4, -0.2) is 16.2 Å². The molecule has 1 heterocycles. The first-order valence-electron chi connectivity index (χ1n) is 7.25. The van der Waals surface area contributed by atoms with Crippen molar-refractivity contribution in [3.63, 3.8) is 0 Å². The Morgan fingerprint density at radius 3 is 2.67 bits per heavy atom. The van der Waals surface area contributed by atoms with E-state index in [1.807, 2.05) is 24.8 Å². The first kappa shape index (κ1) is 17.6. The zero-order chi connectivity index (χ0) is 14.4. The van der Waals surface area contributed by atoms with Gasteiger partial charge in [-0.05, 0) is 36.0 Å². The van der Waals surface area contributed by atoms with Gasteiger partial charge in [-0.2, -0.15) is 0 Å². The Balaban J connectivity index is 0.00000220. The van der Waals surface area contributed by atoms with E-state index in [2.05, 4.69) is 48.5 Å². The average Bonchev–Trinajstić information content (AvgIpc) is 2.91. The lowest BCUT2D eigenvalue weighted by Crippen LogP contribution is -2.11. The summed E-state index contributed by atoms with van der Waals surface area (Å²) in [5.41, 5.74) is 1.48. The van der Waals surface area contributed by atoms with E-state index < -0.39 is 0 Å². The van der Waals surface area contributed by atoms with Gasteiger partial charge in [-0.25, -0.2) is 4.98 Å². The number of nitrogens with zero attached hydrogens (tertiary/aromatic N) is 2. The maximum atomic E-state index is 5.84. The average molecular weight is 309 g/mol. The molecule has 0 radical (unpaired) electrons. The van der Waals surface area contributed by atoms with Crippen molar-refractivity contribution in [3.05, 3.63) is 48.5 Å². The second kappa shape index (κ2) is 8.08. The molecule has 0 saturated heterocycles. The van der Waals surface area contributed by atoms with E-state index >= 15 is 0 Å². The van der Waals surface area contributed by atoms with Crippen molar-refractivity contribution < 1.29 is 4.74 Å². The molecule has 0 atom stereocenters. The Bertz CT molecular complexity index is 518. The first-order chi connectivity index (χ1) is 9.55. The Kier molecular flexibility index (Phi) is 6.76. The Hall–Kier alpha value is -1.48. The lowest BCUT2D eigenvalue weighted by molar-refractivity contribution is 0.302.